The minimum atomic E-state index is -4.39. The first kappa shape index (κ1) is 19.8. The van der Waals surface area contributed by atoms with E-state index in [0.717, 1.165) is 38.4 Å². The highest BCUT2D eigenvalue weighted by Crippen LogP contribution is 2.31. The van der Waals surface area contributed by atoms with Gasteiger partial charge in [0.15, 0.2) is 0 Å². The largest absolute Gasteiger partial charge is 0.416 e. The number of rotatable bonds is 5. The number of hydrogen-bond donors (Lipinski definition) is 2. The van der Waals surface area contributed by atoms with Crippen LogP contribution in [-0.2, 0) is 17.5 Å². The molecule has 3 nitrogen and oxygen atoms in total. The lowest BCUT2D eigenvalue weighted by Crippen LogP contribution is -2.29. The fourth-order valence-corrected chi connectivity index (χ4v) is 2.74. The Morgan fingerprint density at radius 3 is 2.52 bits per heavy atom. The molecule has 1 aliphatic heterocycles. The summed E-state index contributed by atoms with van der Waals surface area (Å²) in [5.74, 6) is 0.352. The van der Waals surface area contributed by atoms with Gasteiger partial charge in [0.05, 0.1) is 5.56 Å². The first-order valence-electron chi connectivity index (χ1n) is 7.59. The molecule has 0 aromatic heterocycles. The van der Waals surface area contributed by atoms with Crippen LogP contribution in [0.3, 0.4) is 0 Å². The van der Waals surface area contributed by atoms with Gasteiger partial charge in [-0.1, -0.05) is 18.2 Å². The Balaban J connectivity index is 0.00000264. The Morgan fingerprint density at radius 2 is 1.87 bits per heavy atom. The number of nitrogens with one attached hydrogen (secondary N) is 2. The van der Waals surface area contributed by atoms with Crippen LogP contribution in [0.5, 0.6) is 0 Å². The Labute approximate surface area is 140 Å². The molecule has 0 atom stereocenters. The van der Waals surface area contributed by atoms with Gasteiger partial charge in [0.25, 0.3) is 0 Å². The summed E-state index contributed by atoms with van der Waals surface area (Å²) in [5.41, 5.74) is -0.584. The summed E-state index contributed by atoms with van der Waals surface area (Å²) < 4.78 is 38.5. The monoisotopic (exact) mass is 350 g/mol. The summed E-state index contributed by atoms with van der Waals surface area (Å²) in [6, 6.07) is 5.34. The normalized spacial score (nSPS) is 15.8. The van der Waals surface area contributed by atoms with E-state index >= 15 is 0 Å². The molecular weight excluding hydrogens is 329 g/mol. The minimum absolute atomic E-state index is 0. The van der Waals surface area contributed by atoms with Crippen molar-refractivity contribution in [3.05, 3.63) is 35.4 Å². The van der Waals surface area contributed by atoms with Crippen molar-refractivity contribution in [2.75, 3.05) is 13.1 Å². The molecule has 0 bridgehead atoms. The lowest BCUT2D eigenvalue weighted by molar-refractivity contribution is -0.138. The van der Waals surface area contributed by atoms with Gasteiger partial charge in [-0.05, 0) is 49.9 Å². The number of amides is 1. The van der Waals surface area contributed by atoms with Crippen LogP contribution in [0.15, 0.2) is 24.3 Å². The van der Waals surface area contributed by atoms with Crippen molar-refractivity contribution in [2.24, 2.45) is 5.92 Å². The van der Waals surface area contributed by atoms with E-state index in [0.29, 0.717) is 12.3 Å². The zero-order valence-electron chi connectivity index (χ0n) is 12.8. The van der Waals surface area contributed by atoms with Gasteiger partial charge in [-0.2, -0.15) is 13.2 Å². The van der Waals surface area contributed by atoms with Crippen LogP contribution in [0.1, 0.15) is 36.8 Å². The molecule has 2 N–H and O–H groups in total. The zero-order chi connectivity index (χ0) is 16.0. The van der Waals surface area contributed by atoms with Gasteiger partial charge >= 0.3 is 6.18 Å². The van der Waals surface area contributed by atoms with Crippen molar-refractivity contribution in [1.29, 1.82) is 0 Å². The van der Waals surface area contributed by atoms with Crippen molar-refractivity contribution in [3.8, 4) is 0 Å². The van der Waals surface area contributed by atoms with Gasteiger partial charge in [0, 0.05) is 13.0 Å². The number of alkyl halides is 3. The maximum Gasteiger partial charge on any atom is 0.416 e. The lowest BCUT2D eigenvalue weighted by Gasteiger charge is -2.22. The maximum atomic E-state index is 12.8. The smallest absolute Gasteiger partial charge is 0.352 e. The number of benzene rings is 1. The van der Waals surface area contributed by atoms with Gasteiger partial charge in [-0.3, -0.25) is 4.79 Å². The Morgan fingerprint density at radius 1 is 1.22 bits per heavy atom. The van der Waals surface area contributed by atoms with Crippen LogP contribution >= 0.6 is 12.4 Å². The fraction of sp³-hybridized carbons (Fsp3) is 0.562. The molecule has 1 fully saturated rings. The SMILES string of the molecule is Cl.O=C(CCC1CCNCC1)NCc1ccccc1C(F)(F)F. The molecule has 130 valence electrons. The third kappa shape index (κ3) is 6.39. The molecule has 1 saturated heterocycles. The Hall–Kier alpha value is -1.27. The number of piperidine rings is 1. The summed E-state index contributed by atoms with van der Waals surface area (Å²) >= 11 is 0. The summed E-state index contributed by atoms with van der Waals surface area (Å²) in [6.45, 7) is 1.87. The third-order valence-electron chi connectivity index (χ3n) is 4.04. The van der Waals surface area contributed by atoms with Crippen molar-refractivity contribution in [2.45, 2.75) is 38.4 Å². The van der Waals surface area contributed by atoms with E-state index in [2.05, 4.69) is 10.6 Å². The molecule has 0 radical (unpaired) electrons. The zero-order valence-corrected chi connectivity index (χ0v) is 13.6. The topological polar surface area (TPSA) is 41.1 Å². The Bertz CT molecular complexity index is 502. The molecule has 23 heavy (non-hydrogen) atoms. The molecule has 1 heterocycles. The molecule has 1 aromatic carbocycles. The predicted octanol–water partition coefficient (Wildman–Crippen LogP) is 3.52. The van der Waals surface area contributed by atoms with Crippen molar-refractivity contribution >= 4 is 18.3 Å². The van der Waals surface area contributed by atoms with Crippen molar-refractivity contribution in [1.82, 2.24) is 10.6 Å². The average Bonchev–Trinajstić information content (AvgIpc) is 2.51. The third-order valence-corrected chi connectivity index (χ3v) is 4.04. The fourth-order valence-electron chi connectivity index (χ4n) is 2.74. The van der Waals surface area contributed by atoms with E-state index in [1.54, 1.807) is 6.07 Å². The van der Waals surface area contributed by atoms with Crippen LogP contribution in [0.4, 0.5) is 13.2 Å². The summed E-state index contributed by atoms with van der Waals surface area (Å²) in [5, 5.41) is 5.86. The highest BCUT2D eigenvalue weighted by Gasteiger charge is 2.32. The van der Waals surface area contributed by atoms with E-state index in [1.165, 1.54) is 12.1 Å². The minimum Gasteiger partial charge on any atom is -0.352 e. The summed E-state index contributed by atoms with van der Waals surface area (Å²) in [6.07, 6.45) is -1.10. The number of carbonyl (C=O) groups excluding carboxylic acids is 1. The second-order valence-corrected chi connectivity index (χ2v) is 5.66. The maximum absolute atomic E-state index is 12.8. The van der Waals surface area contributed by atoms with Crippen LogP contribution in [0.2, 0.25) is 0 Å². The lowest BCUT2D eigenvalue weighted by atomic mass is 9.93. The van der Waals surface area contributed by atoms with Gasteiger partial charge in [0.1, 0.15) is 0 Å². The van der Waals surface area contributed by atoms with E-state index < -0.39 is 11.7 Å². The highest BCUT2D eigenvalue weighted by molar-refractivity contribution is 5.85. The van der Waals surface area contributed by atoms with E-state index in [1.807, 2.05) is 0 Å². The highest BCUT2D eigenvalue weighted by atomic mass is 35.5. The summed E-state index contributed by atoms with van der Waals surface area (Å²) in [4.78, 5) is 11.8. The first-order chi connectivity index (χ1) is 10.5. The van der Waals surface area contributed by atoms with Gasteiger partial charge in [0.2, 0.25) is 5.91 Å². The van der Waals surface area contributed by atoms with Gasteiger partial charge < -0.3 is 10.6 Å². The average molecular weight is 351 g/mol. The quantitative estimate of drug-likeness (QED) is 0.853. The first-order valence-corrected chi connectivity index (χ1v) is 7.59. The predicted molar refractivity (Wildman–Crippen MR) is 85.4 cm³/mol. The van der Waals surface area contributed by atoms with Crippen LogP contribution in [0, 0.1) is 5.92 Å². The standard InChI is InChI=1S/C16H21F3N2O.ClH/c17-16(18,19)14-4-2-1-3-13(14)11-21-15(22)6-5-12-7-9-20-10-8-12;/h1-4,12,20H,5-11H2,(H,21,22);1H. The molecular formula is C16H22ClF3N2O. The molecule has 1 aliphatic rings. The van der Waals surface area contributed by atoms with Gasteiger partial charge in [-0.15, -0.1) is 12.4 Å². The molecule has 7 heteroatoms. The second kappa shape index (κ2) is 9.13. The Kier molecular flexibility index (Phi) is 7.85. The number of carbonyl (C=O) groups is 1. The van der Waals surface area contributed by atoms with E-state index in [-0.39, 0.29) is 30.4 Å². The molecule has 0 spiro atoms. The van der Waals surface area contributed by atoms with Crippen LogP contribution in [0.25, 0.3) is 0 Å². The van der Waals surface area contributed by atoms with Crippen molar-refractivity contribution in [3.63, 3.8) is 0 Å². The number of halogens is 4. The van der Waals surface area contributed by atoms with E-state index in [9.17, 15) is 18.0 Å². The molecule has 1 aromatic rings. The molecule has 1 amide bonds. The second-order valence-electron chi connectivity index (χ2n) is 5.66. The molecule has 0 aliphatic carbocycles. The van der Waals surface area contributed by atoms with Crippen LogP contribution < -0.4 is 10.6 Å². The molecule has 0 unspecified atom stereocenters. The van der Waals surface area contributed by atoms with Crippen molar-refractivity contribution < 1.29 is 18.0 Å². The van der Waals surface area contributed by atoms with E-state index in [4.69, 9.17) is 0 Å². The van der Waals surface area contributed by atoms with Gasteiger partial charge in [-0.25, -0.2) is 0 Å². The number of hydrogen-bond acceptors (Lipinski definition) is 2. The molecule has 0 saturated carbocycles. The summed E-state index contributed by atoms with van der Waals surface area (Å²) in [7, 11) is 0. The molecule has 2 rings (SSSR count). The van der Waals surface area contributed by atoms with Crippen LogP contribution in [-0.4, -0.2) is 19.0 Å².